The molecule has 1 atom stereocenters. The predicted molar refractivity (Wildman–Crippen MR) is 85.1 cm³/mol. The molecule has 0 aromatic carbocycles. The van der Waals surface area contributed by atoms with Crippen LogP contribution in [0.25, 0.3) is 0 Å². The van der Waals surface area contributed by atoms with Crippen molar-refractivity contribution in [2.45, 2.75) is 45.3 Å². The maximum Gasteiger partial charge on any atom is 0.128 e. The molecule has 0 radical (unpaired) electrons. The average Bonchev–Trinajstić information content (AvgIpc) is 2.46. The van der Waals surface area contributed by atoms with Crippen LogP contribution in [0.3, 0.4) is 0 Å². The summed E-state index contributed by atoms with van der Waals surface area (Å²) < 4.78 is 0. The molecule has 1 fully saturated rings. The first-order valence-electron chi connectivity index (χ1n) is 7.66. The second kappa shape index (κ2) is 7.04. The fourth-order valence-electron chi connectivity index (χ4n) is 2.61. The number of piperidine rings is 1. The summed E-state index contributed by atoms with van der Waals surface area (Å²) in [4.78, 5) is 9.38. The van der Waals surface area contributed by atoms with Crippen molar-refractivity contribution < 1.29 is 0 Å². The van der Waals surface area contributed by atoms with Crippen LogP contribution in [0.2, 0.25) is 0 Å². The van der Waals surface area contributed by atoms with E-state index >= 15 is 0 Å². The van der Waals surface area contributed by atoms with Gasteiger partial charge in [-0.05, 0) is 38.6 Å². The Morgan fingerprint density at radius 1 is 1.40 bits per heavy atom. The van der Waals surface area contributed by atoms with E-state index in [1.807, 2.05) is 6.20 Å². The van der Waals surface area contributed by atoms with Crippen molar-refractivity contribution in [1.82, 2.24) is 15.2 Å². The van der Waals surface area contributed by atoms with Crippen LogP contribution in [0.4, 0.5) is 5.82 Å². The Morgan fingerprint density at radius 2 is 2.20 bits per heavy atom. The van der Waals surface area contributed by atoms with Crippen LogP contribution >= 0.6 is 0 Å². The summed E-state index contributed by atoms with van der Waals surface area (Å²) in [5.41, 5.74) is 1.25. The van der Waals surface area contributed by atoms with Crippen LogP contribution in [-0.4, -0.2) is 49.2 Å². The normalized spacial score (nSPS) is 19.9. The zero-order chi connectivity index (χ0) is 14.5. The molecule has 2 heterocycles. The van der Waals surface area contributed by atoms with Gasteiger partial charge < -0.3 is 15.1 Å². The molecular formula is C16H28N4. The van der Waals surface area contributed by atoms with E-state index in [9.17, 15) is 0 Å². The van der Waals surface area contributed by atoms with Crippen molar-refractivity contribution in [2.24, 2.45) is 0 Å². The minimum Gasteiger partial charge on any atom is -0.355 e. The molecule has 1 aliphatic heterocycles. The van der Waals surface area contributed by atoms with Crippen LogP contribution in [0.15, 0.2) is 18.3 Å². The lowest BCUT2D eigenvalue weighted by molar-refractivity contribution is 0.257. The minimum absolute atomic E-state index is 0.512. The van der Waals surface area contributed by atoms with Crippen LogP contribution in [0, 0.1) is 0 Å². The summed E-state index contributed by atoms with van der Waals surface area (Å²) in [6, 6.07) is 5.51. The fourth-order valence-corrected chi connectivity index (χ4v) is 2.61. The van der Waals surface area contributed by atoms with Gasteiger partial charge in [-0.2, -0.15) is 0 Å². The highest BCUT2D eigenvalue weighted by Gasteiger charge is 2.22. The Balaban J connectivity index is 1.95. The molecule has 0 spiro atoms. The largest absolute Gasteiger partial charge is 0.355 e. The first-order valence-corrected chi connectivity index (χ1v) is 7.66. The number of anilines is 1. The van der Waals surface area contributed by atoms with Gasteiger partial charge in [0.15, 0.2) is 0 Å². The average molecular weight is 276 g/mol. The zero-order valence-electron chi connectivity index (χ0n) is 13.3. The highest BCUT2D eigenvalue weighted by Crippen LogP contribution is 2.19. The number of likely N-dealkylation sites (N-methyl/N-ethyl adjacent to an activating group) is 1. The van der Waals surface area contributed by atoms with Gasteiger partial charge in [0, 0.05) is 37.9 Å². The van der Waals surface area contributed by atoms with E-state index in [0.717, 1.165) is 25.5 Å². The van der Waals surface area contributed by atoms with Crippen molar-refractivity contribution >= 4 is 5.82 Å². The van der Waals surface area contributed by atoms with Gasteiger partial charge in [0.2, 0.25) is 0 Å². The summed E-state index contributed by atoms with van der Waals surface area (Å²) in [5.74, 6) is 1.12. The Bertz CT molecular complexity index is 399. The molecule has 112 valence electrons. The Kier molecular flexibility index (Phi) is 5.38. The van der Waals surface area contributed by atoms with Crippen molar-refractivity contribution in [1.29, 1.82) is 0 Å². The number of aromatic nitrogens is 1. The van der Waals surface area contributed by atoms with E-state index in [1.165, 1.54) is 18.4 Å². The molecule has 0 aliphatic carbocycles. The molecule has 1 aromatic heterocycles. The van der Waals surface area contributed by atoms with Crippen LogP contribution in [-0.2, 0) is 6.54 Å². The van der Waals surface area contributed by atoms with Crippen molar-refractivity contribution in [2.75, 3.05) is 32.1 Å². The van der Waals surface area contributed by atoms with Gasteiger partial charge in [0.1, 0.15) is 5.82 Å². The van der Waals surface area contributed by atoms with Crippen molar-refractivity contribution in [3.05, 3.63) is 23.9 Å². The van der Waals surface area contributed by atoms with Gasteiger partial charge in [0.05, 0.1) is 0 Å². The van der Waals surface area contributed by atoms with E-state index in [2.05, 4.69) is 60.2 Å². The van der Waals surface area contributed by atoms with Crippen LogP contribution < -0.4 is 10.2 Å². The number of nitrogens with zero attached hydrogens (tertiary/aromatic N) is 3. The Morgan fingerprint density at radius 3 is 2.80 bits per heavy atom. The Hall–Kier alpha value is -1.13. The third-order valence-corrected chi connectivity index (χ3v) is 3.97. The number of hydrogen-bond donors (Lipinski definition) is 1. The van der Waals surface area contributed by atoms with Gasteiger partial charge in [0.25, 0.3) is 0 Å². The molecule has 20 heavy (non-hydrogen) atoms. The second-order valence-corrected chi connectivity index (χ2v) is 6.27. The van der Waals surface area contributed by atoms with Gasteiger partial charge in [-0.3, -0.25) is 0 Å². The number of pyridine rings is 1. The van der Waals surface area contributed by atoms with E-state index in [1.54, 1.807) is 0 Å². The molecular weight excluding hydrogens is 248 g/mol. The van der Waals surface area contributed by atoms with E-state index in [-0.39, 0.29) is 0 Å². The SMILES string of the molecule is CC(C)NCc1ccc(N2CCCC(N(C)C)C2)nc1. The van der Waals surface area contributed by atoms with E-state index < -0.39 is 0 Å². The van der Waals surface area contributed by atoms with E-state index in [0.29, 0.717) is 12.1 Å². The minimum atomic E-state index is 0.512. The monoisotopic (exact) mass is 276 g/mol. The summed E-state index contributed by atoms with van der Waals surface area (Å²) in [5, 5.41) is 3.42. The molecule has 1 aromatic rings. The zero-order valence-corrected chi connectivity index (χ0v) is 13.3. The molecule has 0 bridgehead atoms. The third-order valence-electron chi connectivity index (χ3n) is 3.97. The molecule has 2 rings (SSSR count). The predicted octanol–water partition coefficient (Wildman–Crippen LogP) is 2.11. The van der Waals surface area contributed by atoms with Crippen LogP contribution in [0.1, 0.15) is 32.3 Å². The fraction of sp³-hybridized carbons (Fsp3) is 0.688. The van der Waals surface area contributed by atoms with Gasteiger partial charge in [-0.15, -0.1) is 0 Å². The lowest BCUT2D eigenvalue weighted by Gasteiger charge is -2.36. The summed E-state index contributed by atoms with van der Waals surface area (Å²) >= 11 is 0. The summed E-state index contributed by atoms with van der Waals surface area (Å²) in [6.07, 6.45) is 4.55. The standard InChI is InChI=1S/C16H28N4/c1-13(2)17-10-14-7-8-16(18-11-14)20-9-5-6-15(12-20)19(3)4/h7-8,11,13,15,17H,5-6,9-10,12H2,1-4H3. The van der Waals surface area contributed by atoms with Gasteiger partial charge >= 0.3 is 0 Å². The van der Waals surface area contributed by atoms with Crippen LogP contribution in [0.5, 0.6) is 0 Å². The van der Waals surface area contributed by atoms with Gasteiger partial charge in [-0.25, -0.2) is 4.98 Å². The third kappa shape index (κ3) is 4.18. The molecule has 1 N–H and O–H groups in total. The second-order valence-electron chi connectivity index (χ2n) is 6.27. The summed E-state index contributed by atoms with van der Waals surface area (Å²) in [6.45, 7) is 7.43. The summed E-state index contributed by atoms with van der Waals surface area (Å²) in [7, 11) is 4.34. The lowest BCUT2D eigenvalue weighted by atomic mass is 10.0. The molecule has 1 unspecified atom stereocenters. The van der Waals surface area contributed by atoms with Crippen molar-refractivity contribution in [3.63, 3.8) is 0 Å². The molecule has 1 aliphatic rings. The molecule has 4 heteroatoms. The quantitative estimate of drug-likeness (QED) is 0.892. The highest BCUT2D eigenvalue weighted by molar-refractivity contribution is 5.40. The van der Waals surface area contributed by atoms with Gasteiger partial charge in [-0.1, -0.05) is 19.9 Å². The smallest absolute Gasteiger partial charge is 0.128 e. The molecule has 0 saturated carbocycles. The molecule has 4 nitrogen and oxygen atoms in total. The van der Waals surface area contributed by atoms with E-state index in [4.69, 9.17) is 0 Å². The lowest BCUT2D eigenvalue weighted by Crippen LogP contribution is -2.45. The topological polar surface area (TPSA) is 31.4 Å². The Labute approximate surface area is 123 Å². The van der Waals surface area contributed by atoms with Crippen molar-refractivity contribution in [3.8, 4) is 0 Å². The molecule has 0 amide bonds. The molecule has 1 saturated heterocycles. The number of rotatable bonds is 5. The highest BCUT2D eigenvalue weighted by atomic mass is 15.2. The first-order chi connectivity index (χ1) is 9.56. The first kappa shape index (κ1) is 15.3. The maximum atomic E-state index is 4.64. The number of hydrogen-bond acceptors (Lipinski definition) is 4. The number of nitrogens with one attached hydrogen (secondary N) is 1. The maximum absolute atomic E-state index is 4.64.